The Bertz CT molecular complexity index is 506. The van der Waals surface area contributed by atoms with Crippen molar-refractivity contribution in [3.63, 3.8) is 0 Å². The van der Waals surface area contributed by atoms with Gasteiger partial charge in [-0.2, -0.15) is 0 Å². The van der Waals surface area contributed by atoms with E-state index in [0.29, 0.717) is 5.56 Å². The highest BCUT2D eigenvalue weighted by Crippen LogP contribution is 2.25. The minimum atomic E-state index is -0.171. The Labute approximate surface area is 103 Å². The fourth-order valence-corrected chi connectivity index (χ4v) is 2.04. The van der Waals surface area contributed by atoms with Crippen LogP contribution in [0.4, 0.5) is 4.39 Å². The van der Waals surface area contributed by atoms with Crippen molar-refractivity contribution in [2.75, 3.05) is 0 Å². The molecule has 0 spiro atoms. The average molecular weight is 279 g/mol. The van der Waals surface area contributed by atoms with Crippen LogP contribution in [0, 0.1) is 12.7 Å². The van der Waals surface area contributed by atoms with Crippen LogP contribution in [0.15, 0.2) is 42.5 Å². The highest BCUT2D eigenvalue weighted by atomic mass is 79.9. The number of benzene rings is 2. The van der Waals surface area contributed by atoms with Gasteiger partial charge in [0.25, 0.3) is 0 Å². The van der Waals surface area contributed by atoms with Crippen LogP contribution in [0.3, 0.4) is 0 Å². The van der Waals surface area contributed by atoms with E-state index in [2.05, 4.69) is 15.9 Å². The summed E-state index contributed by atoms with van der Waals surface area (Å²) < 4.78 is 13.7. The predicted octanol–water partition coefficient (Wildman–Crippen LogP) is 4.70. The smallest absolute Gasteiger partial charge is 0.131 e. The van der Waals surface area contributed by atoms with Gasteiger partial charge in [-0.1, -0.05) is 51.8 Å². The van der Waals surface area contributed by atoms with E-state index < -0.39 is 0 Å². The summed E-state index contributed by atoms with van der Waals surface area (Å²) in [6.45, 7) is 2.01. The van der Waals surface area contributed by atoms with Gasteiger partial charge in [-0.15, -0.1) is 0 Å². The summed E-state index contributed by atoms with van der Waals surface area (Å²) in [5, 5.41) is 0.742. The predicted molar refractivity (Wildman–Crippen MR) is 69.2 cm³/mol. The molecular weight excluding hydrogens is 267 g/mol. The van der Waals surface area contributed by atoms with Crippen LogP contribution in [0.25, 0.3) is 11.1 Å². The maximum Gasteiger partial charge on any atom is 0.131 e. The van der Waals surface area contributed by atoms with Gasteiger partial charge < -0.3 is 0 Å². The maximum atomic E-state index is 13.7. The third kappa shape index (κ3) is 2.33. The van der Waals surface area contributed by atoms with E-state index in [9.17, 15) is 4.39 Å². The topological polar surface area (TPSA) is 0 Å². The molecule has 2 aromatic carbocycles. The van der Waals surface area contributed by atoms with Crippen molar-refractivity contribution in [1.82, 2.24) is 0 Å². The molecule has 0 amide bonds. The van der Waals surface area contributed by atoms with Crippen molar-refractivity contribution in [1.29, 1.82) is 0 Å². The minimum absolute atomic E-state index is 0.171. The molecule has 0 bridgehead atoms. The van der Waals surface area contributed by atoms with Crippen molar-refractivity contribution >= 4 is 15.9 Å². The molecule has 82 valence electrons. The summed E-state index contributed by atoms with van der Waals surface area (Å²) in [5.41, 5.74) is 3.82. The molecule has 0 aliphatic rings. The van der Waals surface area contributed by atoms with Crippen molar-refractivity contribution in [2.24, 2.45) is 0 Å². The molecule has 0 radical (unpaired) electrons. The molecule has 0 heterocycles. The minimum Gasteiger partial charge on any atom is -0.206 e. The van der Waals surface area contributed by atoms with Crippen LogP contribution >= 0.6 is 15.9 Å². The van der Waals surface area contributed by atoms with Crippen LogP contribution in [0.1, 0.15) is 11.1 Å². The highest BCUT2D eigenvalue weighted by molar-refractivity contribution is 9.08. The fraction of sp³-hybridized carbons (Fsp3) is 0.143. The van der Waals surface area contributed by atoms with Crippen LogP contribution < -0.4 is 0 Å². The van der Waals surface area contributed by atoms with Gasteiger partial charge in [0.05, 0.1) is 0 Å². The normalized spacial score (nSPS) is 10.4. The largest absolute Gasteiger partial charge is 0.206 e. The molecule has 0 aromatic heterocycles. The Morgan fingerprint density at radius 3 is 2.62 bits per heavy atom. The van der Waals surface area contributed by atoms with Crippen LogP contribution in [0.5, 0.6) is 0 Å². The lowest BCUT2D eigenvalue weighted by Crippen LogP contribution is -1.87. The van der Waals surface area contributed by atoms with Crippen LogP contribution in [-0.2, 0) is 5.33 Å². The van der Waals surface area contributed by atoms with Crippen molar-refractivity contribution in [2.45, 2.75) is 12.3 Å². The van der Waals surface area contributed by atoms with E-state index in [4.69, 9.17) is 0 Å². The number of hydrogen-bond donors (Lipinski definition) is 0. The van der Waals surface area contributed by atoms with Crippen molar-refractivity contribution < 1.29 is 4.39 Å². The maximum absolute atomic E-state index is 13.7. The summed E-state index contributed by atoms with van der Waals surface area (Å²) in [6.07, 6.45) is 0. The second kappa shape index (κ2) is 4.79. The first kappa shape index (κ1) is 11.3. The summed E-state index contributed by atoms with van der Waals surface area (Å²) in [6, 6.07) is 13.1. The Morgan fingerprint density at radius 2 is 1.94 bits per heavy atom. The van der Waals surface area contributed by atoms with Gasteiger partial charge in [-0.25, -0.2) is 4.39 Å². The van der Waals surface area contributed by atoms with E-state index in [1.165, 1.54) is 6.07 Å². The molecule has 2 heteroatoms. The standard InChI is InChI=1S/C14H12BrF/c1-10-3-2-4-12(7-10)13-8-11(9-15)5-6-14(13)16/h2-8H,9H2,1H3. The third-order valence-electron chi connectivity index (χ3n) is 2.51. The number of halogens is 2. The molecule has 0 saturated carbocycles. The zero-order valence-electron chi connectivity index (χ0n) is 9.00. The SMILES string of the molecule is Cc1cccc(-c2cc(CBr)ccc2F)c1. The third-order valence-corrected chi connectivity index (χ3v) is 3.16. The molecule has 2 rings (SSSR count). The summed E-state index contributed by atoms with van der Waals surface area (Å²) in [7, 11) is 0. The number of hydrogen-bond acceptors (Lipinski definition) is 0. The molecule has 0 atom stereocenters. The lowest BCUT2D eigenvalue weighted by molar-refractivity contribution is 0.631. The Balaban J connectivity index is 2.54. The molecule has 16 heavy (non-hydrogen) atoms. The van der Waals surface area contributed by atoms with E-state index in [1.54, 1.807) is 6.07 Å². The lowest BCUT2D eigenvalue weighted by atomic mass is 10.0. The van der Waals surface area contributed by atoms with Crippen molar-refractivity contribution in [3.8, 4) is 11.1 Å². The lowest BCUT2D eigenvalue weighted by Gasteiger charge is -2.06. The zero-order chi connectivity index (χ0) is 11.5. The van der Waals surface area contributed by atoms with E-state index >= 15 is 0 Å². The molecule has 0 unspecified atom stereocenters. The molecule has 0 N–H and O–H groups in total. The zero-order valence-corrected chi connectivity index (χ0v) is 10.6. The number of rotatable bonds is 2. The average Bonchev–Trinajstić information content (AvgIpc) is 2.30. The van der Waals surface area contributed by atoms with Crippen LogP contribution in [0.2, 0.25) is 0 Å². The Kier molecular flexibility index (Phi) is 3.39. The first-order chi connectivity index (χ1) is 7.70. The quantitative estimate of drug-likeness (QED) is 0.699. The Hall–Kier alpha value is -1.15. The Morgan fingerprint density at radius 1 is 1.12 bits per heavy atom. The molecule has 2 aromatic rings. The molecular formula is C14H12BrF. The number of alkyl halides is 1. The van der Waals surface area contributed by atoms with Gasteiger partial charge in [-0.3, -0.25) is 0 Å². The first-order valence-corrected chi connectivity index (χ1v) is 6.24. The van der Waals surface area contributed by atoms with Gasteiger partial charge in [0.15, 0.2) is 0 Å². The molecule has 0 saturated heterocycles. The second-order valence-corrected chi connectivity index (χ2v) is 4.38. The van der Waals surface area contributed by atoms with Gasteiger partial charge in [0.2, 0.25) is 0 Å². The van der Waals surface area contributed by atoms with Crippen molar-refractivity contribution in [3.05, 3.63) is 59.4 Å². The summed E-state index contributed by atoms with van der Waals surface area (Å²) >= 11 is 3.38. The highest BCUT2D eigenvalue weighted by Gasteiger charge is 2.05. The summed E-state index contributed by atoms with van der Waals surface area (Å²) in [4.78, 5) is 0. The van der Waals surface area contributed by atoms with Gasteiger partial charge in [-0.05, 0) is 30.2 Å². The first-order valence-electron chi connectivity index (χ1n) is 5.12. The van der Waals surface area contributed by atoms with Crippen LogP contribution in [-0.4, -0.2) is 0 Å². The molecule has 0 aliphatic carbocycles. The van der Waals surface area contributed by atoms with Gasteiger partial charge in [0, 0.05) is 10.9 Å². The van der Waals surface area contributed by atoms with E-state index in [-0.39, 0.29) is 5.82 Å². The fourth-order valence-electron chi connectivity index (χ4n) is 1.69. The molecule has 0 fully saturated rings. The van der Waals surface area contributed by atoms with Gasteiger partial charge in [0.1, 0.15) is 5.82 Å². The van der Waals surface area contributed by atoms with E-state index in [0.717, 1.165) is 22.0 Å². The number of aryl methyl sites for hydroxylation is 1. The monoisotopic (exact) mass is 278 g/mol. The molecule has 0 nitrogen and oxygen atoms in total. The van der Waals surface area contributed by atoms with E-state index in [1.807, 2.05) is 37.3 Å². The van der Waals surface area contributed by atoms with Gasteiger partial charge >= 0.3 is 0 Å². The summed E-state index contributed by atoms with van der Waals surface area (Å²) in [5.74, 6) is -0.171. The second-order valence-electron chi connectivity index (χ2n) is 3.82. The molecule has 0 aliphatic heterocycles.